The van der Waals surface area contributed by atoms with Gasteiger partial charge in [0, 0.05) is 16.7 Å². The normalized spacial score (nSPS) is 13.9. The van der Waals surface area contributed by atoms with Gasteiger partial charge in [-0.05, 0) is 42.9 Å². The van der Waals surface area contributed by atoms with E-state index in [2.05, 4.69) is 64.1 Å². The molecule has 3 aromatic rings. The van der Waals surface area contributed by atoms with Gasteiger partial charge >= 0.3 is 0 Å². The first-order valence-corrected chi connectivity index (χ1v) is 12.1. The van der Waals surface area contributed by atoms with Gasteiger partial charge in [-0.3, -0.25) is 0 Å². The van der Waals surface area contributed by atoms with Crippen LogP contribution in [0.2, 0.25) is 0 Å². The molecule has 0 unspecified atom stereocenters. The second-order valence-electron chi connectivity index (χ2n) is 9.47. The molecule has 164 valence electrons. The number of benzene rings is 3. The molecule has 32 heavy (non-hydrogen) atoms. The second-order valence-corrected chi connectivity index (χ2v) is 9.47. The van der Waals surface area contributed by atoms with Crippen LogP contribution in [0.1, 0.15) is 80.3 Å². The van der Waals surface area contributed by atoms with Crippen molar-refractivity contribution in [1.29, 1.82) is 0 Å². The molecule has 0 aliphatic carbocycles. The highest BCUT2D eigenvalue weighted by Crippen LogP contribution is 2.65. The minimum absolute atomic E-state index is 0.401. The van der Waals surface area contributed by atoms with Gasteiger partial charge in [-0.25, -0.2) is 0 Å². The van der Waals surface area contributed by atoms with Crippen molar-refractivity contribution in [3.8, 4) is 34.5 Å². The van der Waals surface area contributed by atoms with Gasteiger partial charge in [-0.1, -0.05) is 76.4 Å². The molecule has 3 aliphatic heterocycles. The lowest BCUT2D eigenvalue weighted by molar-refractivity contribution is 0.584. The van der Waals surface area contributed by atoms with Crippen LogP contribution >= 0.6 is 0 Å². The van der Waals surface area contributed by atoms with E-state index in [9.17, 15) is 0 Å². The van der Waals surface area contributed by atoms with Gasteiger partial charge in [0.2, 0.25) is 0 Å². The van der Waals surface area contributed by atoms with Gasteiger partial charge in [-0.2, -0.15) is 0 Å². The zero-order valence-corrected chi connectivity index (χ0v) is 19.4. The minimum Gasteiger partial charge on any atom is -0.449 e. The van der Waals surface area contributed by atoms with Crippen LogP contribution in [0.3, 0.4) is 0 Å². The van der Waals surface area contributed by atoms with Crippen molar-refractivity contribution in [2.45, 2.75) is 71.6 Å². The van der Waals surface area contributed by atoms with Crippen LogP contribution in [0, 0.1) is 0 Å². The molecule has 3 heterocycles. The van der Waals surface area contributed by atoms with Crippen LogP contribution < -0.4 is 14.2 Å². The fourth-order valence-electron chi connectivity index (χ4n) is 5.42. The van der Waals surface area contributed by atoms with Crippen LogP contribution in [-0.4, -0.2) is 0 Å². The van der Waals surface area contributed by atoms with Crippen LogP contribution in [-0.2, 0) is 24.7 Å². The second kappa shape index (κ2) is 7.03. The maximum atomic E-state index is 6.10. The summed E-state index contributed by atoms with van der Waals surface area (Å²) in [7, 11) is 0. The van der Waals surface area contributed by atoms with Crippen molar-refractivity contribution in [1.82, 2.24) is 0 Å². The lowest BCUT2D eigenvalue weighted by atomic mass is 9.70. The van der Waals surface area contributed by atoms with Crippen molar-refractivity contribution >= 4 is 0 Å². The molecule has 0 amide bonds. The fourth-order valence-corrected chi connectivity index (χ4v) is 5.42. The van der Waals surface area contributed by atoms with E-state index in [1.165, 1.54) is 33.4 Å². The quantitative estimate of drug-likeness (QED) is 0.173. The van der Waals surface area contributed by atoms with Crippen molar-refractivity contribution < 1.29 is 14.2 Å². The summed E-state index contributed by atoms with van der Waals surface area (Å²) in [6.07, 6.45) is 6.50. The van der Waals surface area contributed by atoms with Crippen LogP contribution in [0.4, 0.5) is 0 Å². The predicted octanol–water partition coefficient (Wildman–Crippen LogP) is 8.22. The Labute approximate surface area is 190 Å². The van der Waals surface area contributed by atoms with E-state index < -0.39 is 5.41 Å². The molecule has 3 heteroatoms. The Hall–Kier alpha value is -2.94. The molecule has 0 atom stereocenters. The highest BCUT2D eigenvalue weighted by atomic mass is 16.6. The van der Waals surface area contributed by atoms with Gasteiger partial charge in [0.1, 0.15) is 0 Å². The molecule has 3 nitrogen and oxygen atoms in total. The van der Waals surface area contributed by atoms with Gasteiger partial charge in [0.25, 0.3) is 0 Å². The molecule has 6 rings (SSSR count). The molecule has 0 saturated heterocycles. The number of aryl methyl sites for hydroxylation is 3. The zero-order valence-electron chi connectivity index (χ0n) is 19.4. The van der Waals surface area contributed by atoms with Crippen LogP contribution in [0.5, 0.6) is 34.5 Å². The monoisotopic (exact) mass is 426 g/mol. The first-order valence-electron chi connectivity index (χ1n) is 12.1. The average molecular weight is 427 g/mol. The Kier molecular flexibility index (Phi) is 4.33. The lowest BCUT2D eigenvalue weighted by Crippen LogP contribution is -2.24. The van der Waals surface area contributed by atoms with E-state index in [4.69, 9.17) is 14.2 Å². The Morgan fingerprint density at radius 2 is 0.812 bits per heavy atom. The van der Waals surface area contributed by atoms with Crippen LogP contribution in [0.25, 0.3) is 0 Å². The standard InChI is InChI=1S/C29H30O3/c1-5-8-17-11-14-20(26-23(17)30-26)29(4,21-15-12-18(9-6-2)24-27(21)31-24)22-16-13-19(10-7-3)25-28(22)32-25/h11-16H,5-10H2,1-4H3. The Balaban J connectivity index is 1.52. The lowest BCUT2D eigenvalue weighted by Gasteiger charge is -2.29. The van der Waals surface area contributed by atoms with E-state index in [0.29, 0.717) is 0 Å². The summed E-state index contributed by atoms with van der Waals surface area (Å²) in [5.41, 5.74) is 7.14. The topological polar surface area (TPSA) is 37.6 Å². The number of hydrogen-bond donors (Lipinski definition) is 0. The first kappa shape index (κ1) is 19.7. The van der Waals surface area contributed by atoms with Crippen molar-refractivity contribution in [3.05, 3.63) is 69.8 Å². The first-order chi connectivity index (χ1) is 15.6. The molecular formula is C29H30O3. The maximum absolute atomic E-state index is 6.10. The summed E-state index contributed by atoms with van der Waals surface area (Å²) in [6.45, 7) is 8.94. The third kappa shape index (κ3) is 2.80. The summed E-state index contributed by atoms with van der Waals surface area (Å²) < 4.78 is 18.3. The number of rotatable bonds is 9. The summed E-state index contributed by atoms with van der Waals surface area (Å²) in [5.74, 6) is 6.34. The molecule has 0 radical (unpaired) electrons. The molecule has 0 aromatic heterocycles. The summed E-state index contributed by atoms with van der Waals surface area (Å²) in [4.78, 5) is 0. The third-order valence-corrected chi connectivity index (χ3v) is 7.24. The Bertz CT molecular complexity index is 1100. The van der Waals surface area contributed by atoms with E-state index >= 15 is 0 Å². The van der Waals surface area contributed by atoms with E-state index in [1.54, 1.807) is 0 Å². The number of fused-ring (bicyclic) bond motifs is 3. The fraction of sp³-hybridized carbons (Fsp3) is 0.379. The average Bonchev–Trinajstić information content (AvgIpc) is 3.66. The van der Waals surface area contributed by atoms with E-state index in [0.717, 1.165) is 73.0 Å². The molecule has 0 N–H and O–H groups in total. The van der Waals surface area contributed by atoms with Gasteiger partial charge in [0.05, 0.1) is 5.41 Å². The predicted molar refractivity (Wildman–Crippen MR) is 127 cm³/mol. The summed E-state index contributed by atoms with van der Waals surface area (Å²) in [6, 6.07) is 13.5. The van der Waals surface area contributed by atoms with Crippen molar-refractivity contribution in [2.24, 2.45) is 0 Å². The highest BCUT2D eigenvalue weighted by Gasteiger charge is 2.49. The molecular weight excluding hydrogens is 396 g/mol. The third-order valence-electron chi connectivity index (χ3n) is 7.24. The molecule has 3 aliphatic rings. The van der Waals surface area contributed by atoms with E-state index in [1.807, 2.05) is 0 Å². The van der Waals surface area contributed by atoms with Gasteiger partial charge < -0.3 is 14.2 Å². The number of hydrogen-bond acceptors (Lipinski definition) is 3. The van der Waals surface area contributed by atoms with Crippen LogP contribution in [0.15, 0.2) is 36.4 Å². The highest BCUT2D eigenvalue weighted by molar-refractivity contribution is 5.78. The SMILES string of the molecule is CCCc1ccc(C(C)(c2ccc(CCC)c3c2O3)c2ccc(CCC)c3c2O3)c2c1O2. The zero-order chi connectivity index (χ0) is 22.0. The molecule has 0 fully saturated rings. The Morgan fingerprint density at radius 3 is 1.09 bits per heavy atom. The smallest absolute Gasteiger partial charge is 0.174 e. The van der Waals surface area contributed by atoms with Gasteiger partial charge in [0.15, 0.2) is 34.5 Å². The maximum Gasteiger partial charge on any atom is 0.174 e. The summed E-state index contributed by atoms with van der Waals surface area (Å²) >= 11 is 0. The van der Waals surface area contributed by atoms with Crippen molar-refractivity contribution in [2.75, 3.05) is 0 Å². The molecule has 0 spiro atoms. The number of ether oxygens (including phenoxy) is 3. The van der Waals surface area contributed by atoms with Gasteiger partial charge in [-0.15, -0.1) is 0 Å². The molecule has 0 bridgehead atoms. The summed E-state index contributed by atoms with van der Waals surface area (Å²) in [5, 5.41) is 0. The van der Waals surface area contributed by atoms with E-state index in [-0.39, 0.29) is 0 Å². The molecule has 0 saturated carbocycles. The minimum atomic E-state index is -0.401. The largest absolute Gasteiger partial charge is 0.449 e. The Morgan fingerprint density at radius 1 is 0.500 bits per heavy atom. The van der Waals surface area contributed by atoms with Crippen molar-refractivity contribution in [3.63, 3.8) is 0 Å². The molecule has 3 aromatic carbocycles.